The van der Waals surface area contributed by atoms with Crippen LogP contribution in [0.25, 0.3) is 0 Å². The molecule has 0 aliphatic carbocycles. The minimum absolute atomic E-state index is 0.169. The summed E-state index contributed by atoms with van der Waals surface area (Å²) in [6, 6.07) is 10.9. The normalized spacial score (nSPS) is 9.89. The third-order valence-electron chi connectivity index (χ3n) is 2.29. The van der Waals surface area contributed by atoms with Gasteiger partial charge in [-0.05, 0) is 30.3 Å². The molecule has 1 amide bonds. The van der Waals surface area contributed by atoms with E-state index in [0.717, 1.165) is 0 Å². The monoisotopic (exact) mass is 246 g/mol. The number of hydrogen-bond acceptors (Lipinski definition) is 3. The number of halogens is 1. The molecule has 0 radical (unpaired) electrons. The van der Waals surface area contributed by atoms with Gasteiger partial charge in [-0.15, -0.1) is 0 Å². The fraction of sp³-hybridized carbons (Fsp3) is 0.0769. The number of carbonyl (C=O) groups is 1. The van der Waals surface area contributed by atoms with E-state index in [0.29, 0.717) is 11.3 Å². The van der Waals surface area contributed by atoms with Crippen LogP contribution < -0.4 is 10.1 Å². The topological polar surface area (TPSA) is 51.2 Å². The first-order chi connectivity index (χ1) is 8.69. The van der Waals surface area contributed by atoms with Gasteiger partial charge in [0.25, 0.3) is 5.91 Å². The fourth-order valence-corrected chi connectivity index (χ4v) is 1.43. The highest BCUT2D eigenvalue weighted by atomic mass is 19.1. The fourth-order valence-electron chi connectivity index (χ4n) is 1.43. The summed E-state index contributed by atoms with van der Waals surface area (Å²) in [7, 11) is 1.52. The van der Waals surface area contributed by atoms with Crippen molar-refractivity contribution in [3.05, 3.63) is 54.0 Å². The zero-order valence-electron chi connectivity index (χ0n) is 9.68. The van der Waals surface area contributed by atoms with Crippen LogP contribution in [0.5, 0.6) is 5.75 Å². The SMILES string of the molecule is COc1cccc(C(=O)Nc2cccc(F)n2)c1. The molecule has 0 spiro atoms. The number of methoxy groups -OCH3 is 1. The van der Waals surface area contributed by atoms with E-state index in [2.05, 4.69) is 10.3 Å². The van der Waals surface area contributed by atoms with E-state index in [9.17, 15) is 9.18 Å². The van der Waals surface area contributed by atoms with Gasteiger partial charge in [0.2, 0.25) is 5.95 Å². The summed E-state index contributed by atoms with van der Waals surface area (Å²) in [5, 5.41) is 2.50. The van der Waals surface area contributed by atoms with Crippen molar-refractivity contribution in [2.75, 3.05) is 12.4 Å². The van der Waals surface area contributed by atoms with E-state index in [1.807, 2.05) is 0 Å². The summed E-state index contributed by atoms with van der Waals surface area (Å²) in [5.41, 5.74) is 0.417. The molecule has 2 aromatic rings. The van der Waals surface area contributed by atoms with Crippen molar-refractivity contribution in [3.63, 3.8) is 0 Å². The van der Waals surface area contributed by atoms with Gasteiger partial charge in [-0.3, -0.25) is 4.79 Å². The molecular formula is C13H11FN2O2. The zero-order chi connectivity index (χ0) is 13.0. The summed E-state index contributed by atoms with van der Waals surface area (Å²) >= 11 is 0. The van der Waals surface area contributed by atoms with Gasteiger partial charge >= 0.3 is 0 Å². The number of benzene rings is 1. The van der Waals surface area contributed by atoms with Gasteiger partial charge < -0.3 is 10.1 Å². The predicted molar refractivity (Wildman–Crippen MR) is 65.1 cm³/mol. The highest BCUT2D eigenvalue weighted by molar-refractivity contribution is 6.03. The van der Waals surface area contributed by atoms with Gasteiger partial charge in [0.15, 0.2) is 0 Å². The molecule has 0 saturated heterocycles. The number of anilines is 1. The van der Waals surface area contributed by atoms with Crippen LogP contribution in [0.15, 0.2) is 42.5 Å². The first kappa shape index (κ1) is 12.0. The minimum Gasteiger partial charge on any atom is -0.497 e. The van der Waals surface area contributed by atoms with E-state index in [-0.39, 0.29) is 11.7 Å². The lowest BCUT2D eigenvalue weighted by molar-refractivity contribution is 0.102. The Morgan fingerprint density at radius 1 is 1.28 bits per heavy atom. The number of carbonyl (C=O) groups excluding carboxylic acids is 1. The van der Waals surface area contributed by atoms with Crippen molar-refractivity contribution in [2.24, 2.45) is 0 Å². The highest BCUT2D eigenvalue weighted by Crippen LogP contribution is 2.14. The molecule has 1 heterocycles. The summed E-state index contributed by atoms with van der Waals surface area (Å²) < 4.78 is 17.9. The Morgan fingerprint density at radius 2 is 2.06 bits per heavy atom. The molecule has 18 heavy (non-hydrogen) atoms. The quantitative estimate of drug-likeness (QED) is 0.846. The molecule has 1 aromatic heterocycles. The summed E-state index contributed by atoms with van der Waals surface area (Å²) in [4.78, 5) is 15.4. The number of rotatable bonds is 3. The van der Waals surface area contributed by atoms with E-state index in [4.69, 9.17) is 4.74 Å². The third-order valence-corrected chi connectivity index (χ3v) is 2.29. The molecule has 1 N–H and O–H groups in total. The molecule has 0 fully saturated rings. The Hall–Kier alpha value is -2.43. The Morgan fingerprint density at radius 3 is 2.78 bits per heavy atom. The molecule has 92 valence electrons. The number of hydrogen-bond donors (Lipinski definition) is 1. The van der Waals surface area contributed by atoms with Crippen LogP contribution in [0.3, 0.4) is 0 Å². The number of ether oxygens (including phenoxy) is 1. The second-order valence-corrected chi connectivity index (χ2v) is 3.53. The highest BCUT2D eigenvalue weighted by Gasteiger charge is 2.08. The van der Waals surface area contributed by atoms with E-state index in [1.165, 1.54) is 25.3 Å². The number of nitrogens with one attached hydrogen (secondary N) is 1. The van der Waals surface area contributed by atoms with E-state index >= 15 is 0 Å². The van der Waals surface area contributed by atoms with Gasteiger partial charge in [-0.2, -0.15) is 4.39 Å². The Kier molecular flexibility index (Phi) is 3.52. The van der Waals surface area contributed by atoms with Crippen LogP contribution in [0, 0.1) is 5.95 Å². The average molecular weight is 246 g/mol. The van der Waals surface area contributed by atoms with Crippen molar-refractivity contribution >= 4 is 11.7 Å². The first-order valence-corrected chi connectivity index (χ1v) is 5.27. The van der Waals surface area contributed by atoms with E-state index < -0.39 is 5.95 Å². The van der Waals surface area contributed by atoms with Crippen LogP contribution in [-0.4, -0.2) is 18.0 Å². The number of amides is 1. The maximum absolute atomic E-state index is 12.9. The van der Waals surface area contributed by atoms with Crippen molar-refractivity contribution in [2.45, 2.75) is 0 Å². The molecule has 0 unspecified atom stereocenters. The van der Waals surface area contributed by atoms with Crippen molar-refractivity contribution in [1.82, 2.24) is 4.98 Å². The lowest BCUT2D eigenvalue weighted by atomic mass is 10.2. The third kappa shape index (κ3) is 2.82. The van der Waals surface area contributed by atoms with Gasteiger partial charge in [-0.1, -0.05) is 12.1 Å². The Balaban J connectivity index is 2.16. The molecule has 4 nitrogen and oxygen atoms in total. The molecule has 0 saturated carbocycles. The van der Waals surface area contributed by atoms with E-state index in [1.54, 1.807) is 24.3 Å². The van der Waals surface area contributed by atoms with Crippen LogP contribution >= 0.6 is 0 Å². The lowest BCUT2D eigenvalue weighted by Crippen LogP contribution is -2.13. The smallest absolute Gasteiger partial charge is 0.256 e. The van der Waals surface area contributed by atoms with Crippen molar-refractivity contribution in [1.29, 1.82) is 0 Å². The van der Waals surface area contributed by atoms with Gasteiger partial charge in [0.05, 0.1) is 7.11 Å². The minimum atomic E-state index is -0.640. The molecule has 5 heteroatoms. The zero-order valence-corrected chi connectivity index (χ0v) is 9.68. The summed E-state index contributed by atoms with van der Waals surface area (Å²) in [6.07, 6.45) is 0. The second kappa shape index (κ2) is 5.27. The number of aromatic nitrogens is 1. The van der Waals surface area contributed by atoms with Crippen LogP contribution in [0.1, 0.15) is 10.4 Å². The first-order valence-electron chi connectivity index (χ1n) is 5.27. The predicted octanol–water partition coefficient (Wildman–Crippen LogP) is 2.48. The molecule has 1 aromatic carbocycles. The summed E-state index contributed by atoms with van der Waals surface area (Å²) in [6.45, 7) is 0. The lowest BCUT2D eigenvalue weighted by Gasteiger charge is -2.05. The van der Waals surface area contributed by atoms with Gasteiger partial charge in [0.1, 0.15) is 11.6 Å². The Labute approximate surface area is 103 Å². The summed E-state index contributed by atoms with van der Waals surface area (Å²) in [5.74, 6) is -0.261. The largest absolute Gasteiger partial charge is 0.497 e. The van der Waals surface area contributed by atoms with Crippen molar-refractivity contribution in [3.8, 4) is 5.75 Å². The standard InChI is InChI=1S/C13H11FN2O2/c1-18-10-5-2-4-9(8-10)13(17)16-12-7-3-6-11(14)15-12/h2-8H,1H3,(H,15,16,17). The van der Waals surface area contributed by atoms with Gasteiger partial charge in [-0.25, -0.2) is 4.98 Å². The molecule has 2 rings (SSSR count). The molecule has 0 bridgehead atoms. The Bertz CT molecular complexity index is 572. The molecule has 0 aliphatic rings. The number of pyridine rings is 1. The second-order valence-electron chi connectivity index (χ2n) is 3.53. The average Bonchev–Trinajstić information content (AvgIpc) is 2.39. The van der Waals surface area contributed by atoms with Crippen LogP contribution in [0.4, 0.5) is 10.2 Å². The molecule has 0 atom stereocenters. The molecule has 0 aliphatic heterocycles. The van der Waals surface area contributed by atoms with Crippen molar-refractivity contribution < 1.29 is 13.9 Å². The van der Waals surface area contributed by atoms with Gasteiger partial charge in [0, 0.05) is 5.56 Å². The number of nitrogens with zero attached hydrogens (tertiary/aromatic N) is 1. The van der Waals surface area contributed by atoms with Crippen LogP contribution in [-0.2, 0) is 0 Å². The maximum Gasteiger partial charge on any atom is 0.256 e. The maximum atomic E-state index is 12.9. The van der Waals surface area contributed by atoms with Crippen LogP contribution in [0.2, 0.25) is 0 Å². The molecular weight excluding hydrogens is 235 g/mol.